The van der Waals surface area contributed by atoms with E-state index < -0.39 is 0 Å². The van der Waals surface area contributed by atoms with Crippen molar-refractivity contribution >= 4 is 0 Å². The molecule has 4 atom stereocenters. The number of likely N-dealkylation sites (tertiary alicyclic amines) is 2. The number of hydrogen-bond acceptors (Lipinski definition) is 2. The molecule has 25 heavy (non-hydrogen) atoms. The van der Waals surface area contributed by atoms with E-state index in [9.17, 15) is 0 Å². The van der Waals surface area contributed by atoms with Gasteiger partial charge in [-0.25, -0.2) is 0 Å². The molecule has 2 heteroatoms. The fraction of sp³-hybridized carbons (Fsp3) is 1.00. The largest absolute Gasteiger partial charge is 0.301 e. The van der Waals surface area contributed by atoms with Crippen LogP contribution >= 0.6 is 0 Å². The summed E-state index contributed by atoms with van der Waals surface area (Å²) in [6, 6.07) is 0. The Morgan fingerprint density at radius 1 is 0.960 bits per heavy atom. The molecule has 0 saturated carbocycles. The smallest absolute Gasteiger partial charge is 0.0218 e. The molecule has 2 fully saturated rings. The lowest BCUT2D eigenvalue weighted by Crippen LogP contribution is -2.52. The summed E-state index contributed by atoms with van der Waals surface area (Å²) in [5.74, 6) is 2.30. The lowest BCUT2D eigenvalue weighted by Gasteiger charge is -2.49. The molecule has 0 aromatic carbocycles. The summed E-state index contributed by atoms with van der Waals surface area (Å²) < 4.78 is 0. The summed E-state index contributed by atoms with van der Waals surface area (Å²) in [6.45, 7) is 28.4. The molecule has 0 aromatic heterocycles. The molecule has 0 N–H and O–H groups in total. The van der Waals surface area contributed by atoms with Gasteiger partial charge >= 0.3 is 0 Å². The van der Waals surface area contributed by atoms with Crippen molar-refractivity contribution in [1.82, 2.24) is 9.80 Å². The zero-order chi connectivity index (χ0) is 19.4. The van der Waals surface area contributed by atoms with Crippen LogP contribution in [0.1, 0.15) is 82.1 Å². The molecule has 148 valence electrons. The number of nitrogens with zero attached hydrogens (tertiary/aromatic N) is 2. The second-order valence-corrected chi connectivity index (χ2v) is 12.0. The van der Waals surface area contributed by atoms with Crippen LogP contribution < -0.4 is 0 Å². The molecule has 0 amide bonds. The molecule has 4 unspecified atom stereocenters. The highest BCUT2D eigenvalue weighted by Gasteiger charge is 2.56. The van der Waals surface area contributed by atoms with Gasteiger partial charge in [-0.1, -0.05) is 48.5 Å². The van der Waals surface area contributed by atoms with Crippen LogP contribution in [0.25, 0.3) is 0 Å². The molecule has 0 bridgehead atoms. The van der Waals surface area contributed by atoms with Gasteiger partial charge in [0.1, 0.15) is 0 Å². The summed E-state index contributed by atoms with van der Waals surface area (Å²) in [5.41, 5.74) is 1.35. The van der Waals surface area contributed by atoms with Gasteiger partial charge in [-0.15, -0.1) is 0 Å². The van der Waals surface area contributed by atoms with Crippen LogP contribution in [0.2, 0.25) is 0 Å². The van der Waals surface area contributed by atoms with Crippen LogP contribution in [0.3, 0.4) is 0 Å². The summed E-state index contributed by atoms with van der Waals surface area (Å²) >= 11 is 0. The molecule has 2 rings (SSSR count). The first-order chi connectivity index (χ1) is 11.2. The minimum Gasteiger partial charge on any atom is -0.301 e. The molecule has 2 aliphatic rings. The first-order valence-corrected chi connectivity index (χ1v) is 10.6. The van der Waals surface area contributed by atoms with Crippen molar-refractivity contribution in [2.75, 3.05) is 26.7 Å². The Bertz CT molecular complexity index is 467. The van der Waals surface area contributed by atoms with E-state index in [1.54, 1.807) is 0 Å². The highest BCUT2D eigenvalue weighted by Crippen LogP contribution is 2.54. The van der Waals surface area contributed by atoms with E-state index in [4.69, 9.17) is 0 Å². The Morgan fingerprint density at radius 2 is 1.52 bits per heavy atom. The fourth-order valence-electron chi connectivity index (χ4n) is 7.21. The molecule has 2 aliphatic heterocycles. The Hall–Kier alpha value is -0.0800. The zero-order valence-electron chi connectivity index (χ0n) is 19.2. The van der Waals surface area contributed by atoms with Crippen LogP contribution in [0.5, 0.6) is 0 Å². The number of hydrogen-bond donors (Lipinski definition) is 0. The minimum atomic E-state index is 0.284. The van der Waals surface area contributed by atoms with E-state index in [2.05, 4.69) is 86.1 Å². The van der Waals surface area contributed by atoms with Gasteiger partial charge in [0.2, 0.25) is 0 Å². The molecule has 0 spiro atoms. The van der Waals surface area contributed by atoms with E-state index in [1.807, 2.05) is 0 Å². The maximum Gasteiger partial charge on any atom is 0.0218 e. The van der Waals surface area contributed by atoms with E-state index in [-0.39, 0.29) is 5.54 Å². The topological polar surface area (TPSA) is 6.48 Å². The van der Waals surface area contributed by atoms with Crippen molar-refractivity contribution < 1.29 is 0 Å². The molecule has 0 radical (unpaired) electrons. The Balaban J connectivity index is 2.37. The molecular weight excluding hydrogens is 304 g/mol. The van der Waals surface area contributed by atoms with Gasteiger partial charge < -0.3 is 4.90 Å². The first-order valence-electron chi connectivity index (χ1n) is 10.6. The van der Waals surface area contributed by atoms with Crippen LogP contribution in [0.4, 0.5) is 0 Å². The molecular formula is C23H46N2. The summed E-state index contributed by atoms with van der Waals surface area (Å²) in [5, 5.41) is 0. The Kier molecular flexibility index (Phi) is 5.53. The highest BCUT2D eigenvalue weighted by molar-refractivity contribution is 5.09. The maximum absolute atomic E-state index is 2.80. The lowest BCUT2D eigenvalue weighted by atomic mass is 9.61. The quantitative estimate of drug-likeness (QED) is 0.660. The third kappa shape index (κ3) is 3.68. The van der Waals surface area contributed by atoms with Crippen molar-refractivity contribution in [2.45, 2.75) is 93.2 Å². The van der Waals surface area contributed by atoms with Gasteiger partial charge in [-0.2, -0.15) is 0 Å². The van der Waals surface area contributed by atoms with Crippen molar-refractivity contribution in [3.63, 3.8) is 0 Å². The summed E-state index contributed by atoms with van der Waals surface area (Å²) in [6.07, 6.45) is 2.71. The second kappa shape index (κ2) is 6.51. The first kappa shape index (κ1) is 21.2. The molecule has 2 heterocycles. The van der Waals surface area contributed by atoms with Crippen molar-refractivity contribution in [3.8, 4) is 0 Å². The van der Waals surface area contributed by atoms with Gasteiger partial charge in [-0.3, -0.25) is 4.90 Å². The minimum absolute atomic E-state index is 0.284. The van der Waals surface area contributed by atoms with E-state index in [1.165, 1.54) is 32.5 Å². The van der Waals surface area contributed by atoms with Crippen LogP contribution in [-0.4, -0.2) is 47.6 Å². The van der Waals surface area contributed by atoms with Crippen LogP contribution in [-0.2, 0) is 0 Å². The van der Waals surface area contributed by atoms with E-state index >= 15 is 0 Å². The van der Waals surface area contributed by atoms with E-state index in [0.29, 0.717) is 16.4 Å². The summed E-state index contributed by atoms with van der Waals surface area (Å²) in [7, 11) is 2.34. The van der Waals surface area contributed by atoms with Gasteiger partial charge in [0.05, 0.1) is 0 Å². The molecule has 0 aliphatic carbocycles. The predicted octanol–water partition coefficient (Wildman–Crippen LogP) is 5.53. The van der Waals surface area contributed by atoms with Gasteiger partial charge in [0, 0.05) is 17.6 Å². The molecule has 2 nitrogen and oxygen atoms in total. The van der Waals surface area contributed by atoms with Crippen LogP contribution in [0.15, 0.2) is 0 Å². The molecule has 2 saturated heterocycles. The third-order valence-electron chi connectivity index (χ3n) is 7.92. The predicted molar refractivity (Wildman–Crippen MR) is 111 cm³/mol. The van der Waals surface area contributed by atoms with Crippen LogP contribution in [0, 0.1) is 28.6 Å². The van der Waals surface area contributed by atoms with Gasteiger partial charge in [-0.05, 0) is 82.3 Å². The van der Waals surface area contributed by atoms with Gasteiger partial charge in [0.15, 0.2) is 0 Å². The zero-order valence-corrected chi connectivity index (χ0v) is 19.2. The normalized spacial score (nSPS) is 37.8. The lowest BCUT2D eigenvalue weighted by molar-refractivity contribution is 0.0200. The number of rotatable bonds is 3. The average Bonchev–Trinajstić information content (AvgIpc) is 2.82. The summed E-state index contributed by atoms with van der Waals surface area (Å²) in [4.78, 5) is 5.43. The average molecular weight is 351 g/mol. The highest BCUT2D eigenvalue weighted by atomic mass is 15.2. The second-order valence-electron chi connectivity index (χ2n) is 12.0. The Labute approximate surface area is 158 Å². The van der Waals surface area contributed by atoms with Crippen molar-refractivity contribution in [1.29, 1.82) is 0 Å². The third-order valence-corrected chi connectivity index (χ3v) is 7.92. The standard InChI is InChI=1S/C23H46N2/c1-12-25-14-13-18(20(2,3)4)23(25,10)15-17-16-24(11)22(8,9)19(17)21(5,6)7/h17-19H,12-16H2,1-11H3. The maximum atomic E-state index is 2.80. The molecule has 0 aromatic rings. The van der Waals surface area contributed by atoms with Gasteiger partial charge in [0.25, 0.3) is 0 Å². The fourth-order valence-corrected chi connectivity index (χ4v) is 7.21. The van der Waals surface area contributed by atoms with Crippen molar-refractivity contribution in [3.05, 3.63) is 0 Å². The Morgan fingerprint density at radius 3 is 1.96 bits per heavy atom. The monoisotopic (exact) mass is 350 g/mol. The van der Waals surface area contributed by atoms with Crippen molar-refractivity contribution in [2.24, 2.45) is 28.6 Å². The SMILES string of the molecule is CCN1CCC(C(C)(C)C)C1(C)CC1CN(C)C(C)(C)C1C(C)(C)C. The van der Waals surface area contributed by atoms with E-state index in [0.717, 1.165) is 17.8 Å².